The summed E-state index contributed by atoms with van der Waals surface area (Å²) in [6.07, 6.45) is 6.12. The van der Waals surface area contributed by atoms with Crippen molar-refractivity contribution >= 4 is 5.69 Å². The number of anilines is 1. The maximum Gasteiger partial charge on any atom is 0.0755 e. The van der Waals surface area contributed by atoms with E-state index in [1.165, 1.54) is 18.5 Å². The number of hydrogen-bond acceptors (Lipinski definition) is 4. The quantitative estimate of drug-likeness (QED) is 0.885. The average Bonchev–Trinajstić information content (AvgIpc) is 2.77. The number of nitrogens with two attached hydrogens (primary N) is 1. The minimum atomic E-state index is 0.0555. The van der Waals surface area contributed by atoms with Crippen molar-refractivity contribution in [1.29, 1.82) is 0 Å². The summed E-state index contributed by atoms with van der Waals surface area (Å²) in [7, 11) is 0. The lowest BCUT2D eigenvalue weighted by atomic mass is 10.1. The van der Waals surface area contributed by atoms with Crippen LogP contribution in [0, 0.1) is 0 Å². The van der Waals surface area contributed by atoms with Crippen LogP contribution in [0.2, 0.25) is 0 Å². The van der Waals surface area contributed by atoms with Crippen molar-refractivity contribution in [1.82, 2.24) is 4.98 Å². The Morgan fingerprint density at radius 2 is 2.11 bits per heavy atom. The highest BCUT2D eigenvalue weighted by atomic mass is 16.5. The van der Waals surface area contributed by atoms with Crippen molar-refractivity contribution in [2.45, 2.75) is 44.4 Å². The average molecular weight is 247 g/mol. The molecule has 1 aromatic rings. The van der Waals surface area contributed by atoms with Crippen LogP contribution in [-0.4, -0.2) is 30.3 Å². The van der Waals surface area contributed by atoms with Gasteiger partial charge in [0.2, 0.25) is 0 Å². The molecule has 2 aliphatic rings. The molecular weight excluding hydrogens is 226 g/mol. The van der Waals surface area contributed by atoms with Gasteiger partial charge in [-0.3, -0.25) is 4.98 Å². The predicted molar refractivity (Wildman–Crippen MR) is 71.6 cm³/mol. The van der Waals surface area contributed by atoms with Gasteiger partial charge in [0.1, 0.15) is 0 Å². The van der Waals surface area contributed by atoms with Crippen LogP contribution in [0.4, 0.5) is 5.69 Å². The number of morpholine rings is 1. The number of pyridine rings is 1. The third-order valence-electron chi connectivity index (χ3n) is 4.00. The number of hydrogen-bond donors (Lipinski definition) is 1. The molecule has 0 spiro atoms. The summed E-state index contributed by atoms with van der Waals surface area (Å²) in [5.74, 6) is 0. The van der Waals surface area contributed by atoms with E-state index in [1.807, 2.05) is 6.20 Å². The van der Waals surface area contributed by atoms with Gasteiger partial charge < -0.3 is 15.4 Å². The van der Waals surface area contributed by atoms with Crippen LogP contribution in [-0.2, 0) is 4.74 Å². The topological polar surface area (TPSA) is 51.4 Å². The molecule has 4 nitrogen and oxygen atoms in total. The lowest BCUT2D eigenvalue weighted by molar-refractivity contribution is 0.0305. The van der Waals surface area contributed by atoms with Gasteiger partial charge in [-0.1, -0.05) is 6.92 Å². The summed E-state index contributed by atoms with van der Waals surface area (Å²) < 4.78 is 5.85. The normalized spacial score (nSPS) is 28.4. The lowest BCUT2D eigenvalue weighted by Crippen LogP contribution is -2.42. The molecule has 2 saturated heterocycles. The standard InChI is InChI=1S/C14H21N3O/c1-2-13(15)14-6-3-10(7-16-14)17-8-11-4-5-12(9-17)18-11/h3,6-7,11-13H,2,4-5,8-9,15H2,1H3. The van der Waals surface area contributed by atoms with E-state index in [0.29, 0.717) is 12.2 Å². The van der Waals surface area contributed by atoms with Gasteiger partial charge in [0, 0.05) is 19.1 Å². The largest absolute Gasteiger partial charge is 0.371 e. The molecule has 4 heteroatoms. The van der Waals surface area contributed by atoms with Crippen LogP contribution in [0.3, 0.4) is 0 Å². The SMILES string of the molecule is CCC(N)c1ccc(N2CC3CCC(C2)O3)cn1. The van der Waals surface area contributed by atoms with Crippen molar-refractivity contribution < 1.29 is 4.74 Å². The van der Waals surface area contributed by atoms with Crippen molar-refractivity contribution in [2.75, 3.05) is 18.0 Å². The van der Waals surface area contributed by atoms with Crippen LogP contribution in [0.1, 0.15) is 37.9 Å². The van der Waals surface area contributed by atoms with Gasteiger partial charge in [-0.2, -0.15) is 0 Å². The second kappa shape index (κ2) is 4.86. The van der Waals surface area contributed by atoms with E-state index in [1.54, 1.807) is 0 Å². The van der Waals surface area contributed by atoms with Crippen molar-refractivity contribution in [3.8, 4) is 0 Å². The molecule has 3 rings (SSSR count). The second-order valence-corrected chi connectivity index (χ2v) is 5.32. The first-order valence-electron chi connectivity index (χ1n) is 6.88. The molecule has 2 aliphatic heterocycles. The van der Waals surface area contributed by atoms with E-state index in [0.717, 1.165) is 25.2 Å². The predicted octanol–water partition coefficient (Wildman–Crippen LogP) is 1.86. The Hall–Kier alpha value is -1.13. The third-order valence-corrected chi connectivity index (χ3v) is 4.00. The highest BCUT2D eigenvalue weighted by Gasteiger charge is 2.33. The van der Waals surface area contributed by atoms with E-state index in [4.69, 9.17) is 10.5 Å². The van der Waals surface area contributed by atoms with E-state index in [9.17, 15) is 0 Å². The zero-order valence-electron chi connectivity index (χ0n) is 10.9. The molecule has 3 atom stereocenters. The molecule has 2 bridgehead atoms. The Morgan fingerprint density at radius 1 is 1.39 bits per heavy atom. The van der Waals surface area contributed by atoms with Gasteiger partial charge >= 0.3 is 0 Å². The molecule has 18 heavy (non-hydrogen) atoms. The smallest absolute Gasteiger partial charge is 0.0755 e. The molecule has 0 amide bonds. The molecular formula is C14H21N3O. The molecule has 2 fully saturated rings. The third kappa shape index (κ3) is 2.22. The number of aromatic nitrogens is 1. The first-order chi connectivity index (χ1) is 8.76. The molecule has 1 aromatic heterocycles. The zero-order chi connectivity index (χ0) is 12.5. The number of nitrogens with zero attached hydrogens (tertiary/aromatic N) is 2. The summed E-state index contributed by atoms with van der Waals surface area (Å²) >= 11 is 0. The van der Waals surface area contributed by atoms with E-state index in [-0.39, 0.29) is 6.04 Å². The molecule has 0 saturated carbocycles. The van der Waals surface area contributed by atoms with Gasteiger partial charge in [0.15, 0.2) is 0 Å². The van der Waals surface area contributed by atoms with Crippen LogP contribution >= 0.6 is 0 Å². The maximum atomic E-state index is 5.98. The first-order valence-corrected chi connectivity index (χ1v) is 6.88. The number of fused-ring (bicyclic) bond motifs is 2. The van der Waals surface area contributed by atoms with Crippen molar-refractivity contribution in [3.63, 3.8) is 0 Å². The fraction of sp³-hybridized carbons (Fsp3) is 0.643. The molecule has 3 unspecified atom stereocenters. The highest BCUT2D eigenvalue weighted by molar-refractivity contribution is 5.46. The fourth-order valence-electron chi connectivity index (χ4n) is 2.84. The second-order valence-electron chi connectivity index (χ2n) is 5.32. The van der Waals surface area contributed by atoms with Gasteiger partial charge in [0.25, 0.3) is 0 Å². The minimum absolute atomic E-state index is 0.0555. The molecule has 0 aliphatic carbocycles. The van der Waals surface area contributed by atoms with Crippen LogP contribution in [0.5, 0.6) is 0 Å². The van der Waals surface area contributed by atoms with Gasteiger partial charge in [-0.05, 0) is 31.4 Å². The molecule has 0 radical (unpaired) electrons. The van der Waals surface area contributed by atoms with Crippen LogP contribution < -0.4 is 10.6 Å². The molecule has 0 aromatic carbocycles. The summed E-state index contributed by atoms with van der Waals surface area (Å²) in [4.78, 5) is 6.88. The Kier molecular flexibility index (Phi) is 3.22. The van der Waals surface area contributed by atoms with Crippen molar-refractivity contribution in [2.24, 2.45) is 5.73 Å². The minimum Gasteiger partial charge on any atom is -0.371 e. The Bertz CT molecular complexity index is 394. The summed E-state index contributed by atoms with van der Waals surface area (Å²) in [6, 6.07) is 4.25. The van der Waals surface area contributed by atoms with Crippen LogP contribution in [0.15, 0.2) is 18.3 Å². The van der Waals surface area contributed by atoms with E-state index in [2.05, 4.69) is 28.9 Å². The molecule has 98 valence electrons. The van der Waals surface area contributed by atoms with Gasteiger partial charge in [-0.25, -0.2) is 0 Å². The van der Waals surface area contributed by atoms with Crippen LogP contribution in [0.25, 0.3) is 0 Å². The molecule has 3 heterocycles. The lowest BCUT2D eigenvalue weighted by Gasteiger charge is -2.33. The van der Waals surface area contributed by atoms with E-state index < -0.39 is 0 Å². The Balaban J connectivity index is 1.73. The Labute approximate surface area is 108 Å². The summed E-state index contributed by atoms with van der Waals surface area (Å²) in [5.41, 5.74) is 8.16. The summed E-state index contributed by atoms with van der Waals surface area (Å²) in [5, 5.41) is 0. The van der Waals surface area contributed by atoms with Crippen molar-refractivity contribution in [3.05, 3.63) is 24.0 Å². The van der Waals surface area contributed by atoms with E-state index >= 15 is 0 Å². The summed E-state index contributed by atoms with van der Waals surface area (Å²) in [6.45, 7) is 4.08. The Morgan fingerprint density at radius 3 is 2.67 bits per heavy atom. The van der Waals surface area contributed by atoms with Gasteiger partial charge in [-0.15, -0.1) is 0 Å². The maximum absolute atomic E-state index is 5.98. The monoisotopic (exact) mass is 247 g/mol. The zero-order valence-corrected chi connectivity index (χ0v) is 10.9. The van der Waals surface area contributed by atoms with Gasteiger partial charge in [0.05, 0.1) is 29.8 Å². The molecule has 2 N–H and O–H groups in total. The number of ether oxygens (including phenoxy) is 1. The highest BCUT2D eigenvalue weighted by Crippen LogP contribution is 2.29. The first kappa shape index (κ1) is 11.9. The number of rotatable bonds is 3. The fourth-order valence-corrected chi connectivity index (χ4v) is 2.84.